The summed E-state index contributed by atoms with van der Waals surface area (Å²) >= 11 is 7.43. The quantitative estimate of drug-likeness (QED) is 0.204. The Balaban J connectivity index is 1.57. The van der Waals surface area contributed by atoms with Crippen LogP contribution in [-0.4, -0.2) is 16.1 Å². The number of hydrogen-bond acceptors (Lipinski definition) is 6. The molecular formula is C30H38N2S4Si2. The molecule has 0 radical (unpaired) electrons. The average Bonchev–Trinajstić information content (AvgIpc) is 3.55. The van der Waals surface area contributed by atoms with E-state index in [-0.39, 0.29) is 10.1 Å². The van der Waals surface area contributed by atoms with Crippen molar-refractivity contribution in [2.45, 2.75) is 90.6 Å². The number of nitriles is 2. The molecule has 4 rings (SSSR count). The molecule has 0 N–H and O–H groups in total. The molecule has 0 aromatic carbocycles. The molecule has 0 atom stereocenters. The fourth-order valence-electron chi connectivity index (χ4n) is 4.09. The maximum Gasteiger partial charge on any atom is 0.100 e. The van der Waals surface area contributed by atoms with Crippen molar-refractivity contribution in [1.29, 1.82) is 10.5 Å². The van der Waals surface area contributed by atoms with Gasteiger partial charge in [-0.3, -0.25) is 0 Å². The van der Waals surface area contributed by atoms with Gasteiger partial charge in [-0.2, -0.15) is 10.5 Å². The van der Waals surface area contributed by atoms with Crippen molar-refractivity contribution in [2.24, 2.45) is 0 Å². The van der Waals surface area contributed by atoms with Crippen LogP contribution in [0.15, 0.2) is 24.3 Å². The van der Waals surface area contributed by atoms with E-state index in [4.69, 9.17) is 0 Å². The zero-order chi connectivity index (χ0) is 28.3. The molecule has 0 bridgehead atoms. The van der Waals surface area contributed by atoms with Gasteiger partial charge in [-0.25, -0.2) is 0 Å². The fourth-order valence-corrected chi connectivity index (χ4v) is 15.6. The van der Waals surface area contributed by atoms with E-state index in [1.165, 1.54) is 37.9 Å². The third kappa shape index (κ3) is 5.41. The van der Waals surface area contributed by atoms with E-state index in [9.17, 15) is 10.5 Å². The molecule has 0 amide bonds. The highest BCUT2D eigenvalue weighted by atomic mass is 32.1. The van der Waals surface area contributed by atoms with Crippen LogP contribution in [0, 0.1) is 22.7 Å². The zero-order valence-electron chi connectivity index (χ0n) is 24.3. The van der Waals surface area contributed by atoms with Gasteiger partial charge in [0.15, 0.2) is 0 Å². The van der Waals surface area contributed by atoms with Gasteiger partial charge in [0.1, 0.15) is 12.1 Å². The fraction of sp³-hybridized carbons (Fsp3) is 0.467. The lowest BCUT2D eigenvalue weighted by Crippen LogP contribution is -2.47. The van der Waals surface area contributed by atoms with Gasteiger partial charge in [-0.05, 0) is 43.3 Å². The molecular weight excluding hydrogens is 573 g/mol. The maximum atomic E-state index is 9.85. The Hall–Kier alpha value is -1.53. The summed E-state index contributed by atoms with van der Waals surface area (Å²) in [6.45, 7) is 23.7. The molecule has 0 spiro atoms. The van der Waals surface area contributed by atoms with E-state index in [1.54, 1.807) is 0 Å². The monoisotopic (exact) mass is 610 g/mol. The molecule has 0 saturated heterocycles. The van der Waals surface area contributed by atoms with Crippen LogP contribution < -0.4 is 9.00 Å². The van der Waals surface area contributed by atoms with Crippen molar-refractivity contribution >= 4 is 79.9 Å². The first-order valence-corrected chi connectivity index (χ1v) is 22.3. The number of fused-ring (bicyclic) bond motifs is 1. The van der Waals surface area contributed by atoms with E-state index >= 15 is 0 Å². The number of rotatable bonds is 6. The number of nitrogens with zero attached hydrogens (tertiary/aromatic N) is 2. The Kier molecular flexibility index (Phi) is 7.86. The normalized spacial score (nSPS) is 13.2. The second-order valence-electron chi connectivity index (χ2n) is 13.4. The van der Waals surface area contributed by atoms with Crippen LogP contribution in [-0.2, 0) is 12.8 Å². The van der Waals surface area contributed by atoms with E-state index in [1.807, 2.05) is 45.3 Å². The van der Waals surface area contributed by atoms with Crippen molar-refractivity contribution in [3.8, 4) is 12.1 Å². The number of thiophene rings is 4. The Bertz CT molecular complexity index is 1420. The molecule has 0 saturated carbocycles. The van der Waals surface area contributed by atoms with Crippen molar-refractivity contribution in [1.82, 2.24) is 0 Å². The Labute approximate surface area is 246 Å². The van der Waals surface area contributed by atoms with Crippen LogP contribution in [0.25, 0.3) is 9.40 Å². The summed E-state index contributed by atoms with van der Waals surface area (Å²) in [6.07, 6.45) is 1.67. The molecule has 200 valence electrons. The summed E-state index contributed by atoms with van der Waals surface area (Å²) < 4.78 is 5.50. The SMILES string of the molecule is CC(C)(C)[Si](C)(C)c1cc(C#N)c(Cc2cc3sc(Cc4sc([Si](C)(C)C(C)(C)C)cc4C#N)cc3s2)s1. The minimum Gasteiger partial charge on any atom is -0.192 e. The highest BCUT2D eigenvalue weighted by molar-refractivity contribution is 7.29. The van der Waals surface area contributed by atoms with Gasteiger partial charge in [0.2, 0.25) is 0 Å². The molecule has 2 nitrogen and oxygen atoms in total. The molecule has 8 heteroatoms. The lowest BCUT2D eigenvalue weighted by atomic mass is 10.2. The average molecular weight is 611 g/mol. The molecule has 0 fully saturated rings. The maximum absolute atomic E-state index is 9.85. The van der Waals surface area contributed by atoms with Crippen LogP contribution in [0.4, 0.5) is 0 Å². The summed E-state index contributed by atoms with van der Waals surface area (Å²) in [4.78, 5) is 5.06. The van der Waals surface area contributed by atoms with Gasteiger partial charge in [-0.1, -0.05) is 67.7 Å². The van der Waals surface area contributed by atoms with Gasteiger partial charge in [0.05, 0.1) is 27.3 Å². The highest BCUT2D eigenvalue weighted by Gasteiger charge is 2.39. The second kappa shape index (κ2) is 10.1. The van der Waals surface area contributed by atoms with Gasteiger partial charge < -0.3 is 0 Å². The van der Waals surface area contributed by atoms with Gasteiger partial charge in [-0.15, -0.1) is 45.3 Å². The standard InChI is InChI=1S/C30H38N2S4Si2/c1-29(2,3)37(7,8)27-11-19(17-31)23(35-27)13-21-15-25-26(33-21)16-22(34-25)14-24-20(18-32)12-28(36-24)38(9,10)30(4,5)6/h11-12,15-16H,13-14H2,1-10H3. The first-order chi connectivity index (χ1) is 17.5. The van der Waals surface area contributed by atoms with E-state index in [0.29, 0.717) is 0 Å². The summed E-state index contributed by atoms with van der Waals surface area (Å²) in [5.41, 5.74) is 1.71. The number of hydrogen-bond donors (Lipinski definition) is 0. The van der Waals surface area contributed by atoms with Crippen molar-refractivity contribution in [3.63, 3.8) is 0 Å². The smallest absolute Gasteiger partial charge is 0.100 e. The third-order valence-electron chi connectivity index (χ3n) is 8.82. The summed E-state index contributed by atoms with van der Waals surface area (Å²) in [7, 11) is -3.33. The predicted molar refractivity (Wildman–Crippen MR) is 177 cm³/mol. The first-order valence-electron chi connectivity index (χ1n) is 13.1. The Morgan fingerprint density at radius 1 is 0.605 bits per heavy atom. The van der Waals surface area contributed by atoms with Crippen LogP contribution in [0.3, 0.4) is 0 Å². The van der Waals surface area contributed by atoms with Gasteiger partial charge in [0, 0.05) is 41.8 Å². The van der Waals surface area contributed by atoms with Crippen LogP contribution in [0.2, 0.25) is 36.3 Å². The molecule has 4 aromatic rings. The largest absolute Gasteiger partial charge is 0.192 e. The van der Waals surface area contributed by atoms with Crippen molar-refractivity contribution in [3.05, 3.63) is 54.9 Å². The second-order valence-corrected chi connectivity index (χ2v) is 29.3. The minimum atomic E-state index is -1.66. The van der Waals surface area contributed by atoms with E-state index in [2.05, 4.69) is 104 Å². The Morgan fingerprint density at radius 2 is 0.947 bits per heavy atom. The Morgan fingerprint density at radius 3 is 1.24 bits per heavy atom. The topological polar surface area (TPSA) is 47.6 Å². The highest BCUT2D eigenvalue weighted by Crippen LogP contribution is 2.41. The molecule has 4 heterocycles. The first kappa shape index (κ1) is 29.5. The molecule has 0 unspecified atom stereocenters. The molecule has 0 aliphatic rings. The van der Waals surface area contributed by atoms with Crippen molar-refractivity contribution < 1.29 is 0 Å². The van der Waals surface area contributed by atoms with Crippen LogP contribution in [0.5, 0.6) is 0 Å². The third-order valence-corrected chi connectivity index (χ3v) is 26.9. The van der Waals surface area contributed by atoms with E-state index < -0.39 is 16.1 Å². The summed E-state index contributed by atoms with van der Waals surface area (Å²) in [5.74, 6) is 0. The molecule has 4 aromatic heterocycles. The minimum absolute atomic E-state index is 0.253. The predicted octanol–water partition coefficient (Wildman–Crippen LogP) is 9.44. The van der Waals surface area contributed by atoms with Gasteiger partial charge >= 0.3 is 0 Å². The lowest BCUT2D eigenvalue weighted by Gasteiger charge is -2.35. The zero-order valence-corrected chi connectivity index (χ0v) is 29.5. The van der Waals surface area contributed by atoms with Crippen LogP contribution >= 0.6 is 45.3 Å². The van der Waals surface area contributed by atoms with Crippen molar-refractivity contribution in [2.75, 3.05) is 0 Å². The molecule has 38 heavy (non-hydrogen) atoms. The van der Waals surface area contributed by atoms with Gasteiger partial charge in [0.25, 0.3) is 0 Å². The summed E-state index contributed by atoms with van der Waals surface area (Å²) in [5, 5.41) is 20.2. The van der Waals surface area contributed by atoms with Crippen LogP contribution in [0.1, 0.15) is 72.2 Å². The lowest BCUT2D eigenvalue weighted by molar-refractivity contribution is 0.730. The molecule has 0 aliphatic carbocycles. The van der Waals surface area contributed by atoms with E-state index in [0.717, 1.165) is 24.0 Å². The summed E-state index contributed by atoms with van der Waals surface area (Å²) in [6, 6.07) is 13.9. The molecule has 0 aliphatic heterocycles.